The number of hydrogen-bond acceptors (Lipinski definition) is 1. The quantitative estimate of drug-likeness (QED) is 0.516. The predicted molar refractivity (Wildman–Crippen MR) is 30.3 cm³/mol. The maximum atomic E-state index is 4.57. The van der Waals surface area contributed by atoms with Crippen molar-refractivity contribution < 1.29 is 0 Å². The van der Waals surface area contributed by atoms with E-state index in [2.05, 4.69) is 12.6 Å². The van der Waals surface area contributed by atoms with Crippen LogP contribution in [-0.2, 0) is 0 Å². The molecule has 0 amide bonds. The van der Waals surface area contributed by atoms with Gasteiger partial charge in [-0.05, 0) is 6.26 Å². The molecule has 0 atom stereocenters. The van der Waals surface area contributed by atoms with E-state index in [1.807, 2.05) is 12.0 Å². The lowest BCUT2D eigenvalue weighted by atomic mass is 11.0. The summed E-state index contributed by atoms with van der Waals surface area (Å²) in [6.07, 6.45) is 2.01. The zero-order valence-corrected chi connectivity index (χ0v) is 4.73. The van der Waals surface area contributed by atoms with Crippen LogP contribution in [0.25, 0.3) is 0 Å². The third-order valence-corrected chi connectivity index (χ3v) is 1.11. The minimum absolute atomic E-state index is 0.765. The molecule has 30 valence electrons. The first-order chi connectivity index (χ1) is 2.41. The zero-order chi connectivity index (χ0) is 4.12. The first kappa shape index (κ1) is 5.70. The largest absolute Gasteiger partial charge is 0.160 e. The molecule has 0 aliphatic heterocycles. The lowest BCUT2D eigenvalue weighted by Gasteiger charge is -1.77. The van der Waals surface area contributed by atoms with Gasteiger partial charge in [0.1, 0.15) is 0 Å². The highest BCUT2D eigenvalue weighted by Gasteiger charge is 1.70. The van der Waals surface area contributed by atoms with Crippen molar-refractivity contribution >= 4 is 24.4 Å². The second-order valence-electron chi connectivity index (χ2n) is 0.569. The van der Waals surface area contributed by atoms with Crippen LogP contribution in [0, 0.1) is 5.75 Å². The summed E-state index contributed by atoms with van der Waals surface area (Å²) in [4.78, 5) is 0. The lowest BCUT2D eigenvalue weighted by molar-refractivity contribution is 1.78. The van der Waals surface area contributed by atoms with Crippen molar-refractivity contribution in [3.8, 4) is 0 Å². The Morgan fingerprint density at radius 1 is 2.00 bits per heavy atom. The van der Waals surface area contributed by atoms with E-state index in [1.165, 1.54) is 0 Å². The second kappa shape index (κ2) is 4.70. The van der Waals surface area contributed by atoms with Crippen LogP contribution >= 0.6 is 24.4 Å². The molecule has 0 aromatic heterocycles. The van der Waals surface area contributed by atoms with Gasteiger partial charge in [0.05, 0.1) is 0 Å². The molecule has 0 saturated heterocycles. The molecule has 0 bridgehead atoms. The van der Waals surface area contributed by atoms with Crippen molar-refractivity contribution in [2.45, 2.75) is 0 Å². The molecule has 0 fully saturated rings. The summed E-state index contributed by atoms with van der Waals surface area (Å²) in [5.41, 5.74) is 0. The standard InChI is InChI=1S/C3H6S2/c1-5-3-2-4/h3H,2H2,1H3. The van der Waals surface area contributed by atoms with Crippen molar-refractivity contribution in [2.75, 3.05) is 12.0 Å². The molecule has 0 aliphatic rings. The van der Waals surface area contributed by atoms with Crippen LogP contribution in [0.5, 0.6) is 0 Å². The van der Waals surface area contributed by atoms with Crippen LogP contribution in [0.1, 0.15) is 0 Å². The van der Waals surface area contributed by atoms with Crippen molar-refractivity contribution in [2.24, 2.45) is 0 Å². The van der Waals surface area contributed by atoms with E-state index in [4.69, 9.17) is 0 Å². The Morgan fingerprint density at radius 3 is 2.60 bits per heavy atom. The van der Waals surface area contributed by atoms with E-state index < -0.39 is 0 Å². The zero-order valence-electron chi connectivity index (χ0n) is 3.10. The summed E-state index contributed by atoms with van der Waals surface area (Å²) in [6, 6.07) is 0. The number of rotatable bonds is 2. The molecule has 0 saturated carbocycles. The molecule has 2 radical (unpaired) electrons. The fourth-order valence-electron chi connectivity index (χ4n) is 0.0680. The summed E-state index contributed by atoms with van der Waals surface area (Å²) >= 11 is 6.25. The van der Waals surface area contributed by atoms with Crippen LogP contribution in [0.4, 0.5) is 0 Å². The van der Waals surface area contributed by atoms with Gasteiger partial charge in [0, 0.05) is 11.5 Å². The minimum atomic E-state index is 0.765. The molecule has 0 aliphatic carbocycles. The van der Waals surface area contributed by atoms with E-state index in [0.29, 0.717) is 0 Å². The van der Waals surface area contributed by atoms with E-state index in [1.54, 1.807) is 11.8 Å². The van der Waals surface area contributed by atoms with Gasteiger partial charge in [-0.25, -0.2) is 0 Å². The molecule has 2 heteroatoms. The van der Waals surface area contributed by atoms with Crippen LogP contribution in [0.3, 0.4) is 0 Å². The highest BCUT2D eigenvalue weighted by atomic mass is 32.2. The Morgan fingerprint density at radius 2 is 2.60 bits per heavy atom. The smallest absolute Gasteiger partial charge is 0.0270 e. The van der Waals surface area contributed by atoms with Gasteiger partial charge in [-0.1, -0.05) is 12.6 Å². The van der Waals surface area contributed by atoms with Gasteiger partial charge in [-0.15, -0.1) is 0 Å². The van der Waals surface area contributed by atoms with Crippen molar-refractivity contribution in [3.63, 3.8) is 0 Å². The van der Waals surface area contributed by atoms with Gasteiger partial charge in [-0.2, -0.15) is 11.8 Å². The summed E-state index contributed by atoms with van der Waals surface area (Å²) in [5.74, 6) is 2.75. The molecule has 0 N–H and O–H groups in total. The maximum Gasteiger partial charge on any atom is 0.0270 e. The van der Waals surface area contributed by atoms with Gasteiger partial charge in [0.25, 0.3) is 0 Å². The lowest BCUT2D eigenvalue weighted by Crippen LogP contribution is -1.61. The van der Waals surface area contributed by atoms with E-state index in [0.717, 1.165) is 5.75 Å². The van der Waals surface area contributed by atoms with Crippen LogP contribution in [0.2, 0.25) is 0 Å². The Labute approximate surface area is 42.7 Å². The highest BCUT2D eigenvalue weighted by Crippen LogP contribution is 1.97. The van der Waals surface area contributed by atoms with Gasteiger partial charge in [-0.3, -0.25) is 0 Å². The molecule has 0 aromatic rings. The van der Waals surface area contributed by atoms with E-state index >= 15 is 0 Å². The predicted octanol–water partition coefficient (Wildman–Crippen LogP) is 1.71. The summed E-state index contributed by atoms with van der Waals surface area (Å²) in [7, 11) is 0. The second-order valence-corrected chi connectivity index (χ2v) is 1.71. The average Bonchev–Trinajstić information content (AvgIpc) is 1.41. The average molecular weight is 106 g/mol. The Hall–Kier alpha value is 0.700. The first-order valence-corrected chi connectivity index (χ1v) is 3.21. The van der Waals surface area contributed by atoms with Crippen LogP contribution in [-0.4, -0.2) is 12.0 Å². The van der Waals surface area contributed by atoms with E-state index in [-0.39, 0.29) is 0 Å². The first-order valence-electron chi connectivity index (χ1n) is 1.34. The topological polar surface area (TPSA) is 0 Å². The summed E-state index contributed by atoms with van der Waals surface area (Å²) in [5, 5.41) is 0. The molecular weight excluding hydrogens is 100 g/mol. The van der Waals surface area contributed by atoms with Gasteiger partial charge < -0.3 is 0 Å². The fraction of sp³-hybridized carbons (Fsp3) is 0.667. The molecule has 0 heterocycles. The molecule has 0 nitrogen and oxygen atoms in total. The molecule has 0 unspecified atom stereocenters. The van der Waals surface area contributed by atoms with Crippen molar-refractivity contribution in [1.29, 1.82) is 0 Å². The SMILES string of the molecule is CS[CH]C[S]. The minimum Gasteiger partial charge on any atom is -0.160 e. The Kier molecular flexibility index (Phi) is 5.36. The van der Waals surface area contributed by atoms with Crippen LogP contribution in [0.15, 0.2) is 0 Å². The van der Waals surface area contributed by atoms with Gasteiger partial charge in [0.2, 0.25) is 0 Å². The molecule has 5 heavy (non-hydrogen) atoms. The number of hydrogen-bond donors (Lipinski definition) is 0. The molecular formula is C3H6S2. The normalized spacial score (nSPS) is 8.40. The van der Waals surface area contributed by atoms with E-state index in [9.17, 15) is 0 Å². The van der Waals surface area contributed by atoms with Gasteiger partial charge in [0.15, 0.2) is 0 Å². The third-order valence-electron chi connectivity index (χ3n) is 0.235. The van der Waals surface area contributed by atoms with Crippen molar-refractivity contribution in [3.05, 3.63) is 5.75 Å². The Balaban J connectivity index is 2.19. The van der Waals surface area contributed by atoms with Gasteiger partial charge >= 0.3 is 0 Å². The molecule has 0 rings (SSSR count). The summed E-state index contributed by atoms with van der Waals surface area (Å²) < 4.78 is 0. The Bertz CT molecular complexity index is 12.4. The third kappa shape index (κ3) is 4.70. The van der Waals surface area contributed by atoms with Crippen molar-refractivity contribution in [1.82, 2.24) is 0 Å². The molecule has 0 aromatic carbocycles. The molecule has 0 spiro atoms. The highest BCUT2D eigenvalue weighted by molar-refractivity contribution is 8.01. The maximum absolute atomic E-state index is 4.57. The monoisotopic (exact) mass is 106 g/mol. The number of thioether (sulfide) groups is 1. The van der Waals surface area contributed by atoms with Crippen LogP contribution < -0.4 is 0 Å². The summed E-state index contributed by atoms with van der Waals surface area (Å²) in [6.45, 7) is 0. The fourth-order valence-corrected chi connectivity index (χ4v) is 0.612.